The van der Waals surface area contributed by atoms with E-state index >= 15 is 0 Å². The summed E-state index contributed by atoms with van der Waals surface area (Å²) in [5.74, 6) is -0.894. The van der Waals surface area contributed by atoms with Crippen LogP contribution in [0.5, 0.6) is 0 Å². The van der Waals surface area contributed by atoms with Gasteiger partial charge in [-0.2, -0.15) is 21.8 Å². The zero-order valence-electron chi connectivity index (χ0n) is 14.5. The van der Waals surface area contributed by atoms with Gasteiger partial charge in [0.25, 0.3) is 10.2 Å². The van der Waals surface area contributed by atoms with Crippen molar-refractivity contribution in [3.8, 4) is 0 Å². The highest BCUT2D eigenvalue weighted by molar-refractivity contribution is 7.88. The molecule has 0 aromatic rings. The molecule has 1 aliphatic carbocycles. The topological polar surface area (TPSA) is 127 Å². The van der Waals surface area contributed by atoms with Crippen LogP contribution < -0.4 is 4.72 Å². The minimum Gasteiger partial charge on any atom is -0.480 e. The molecule has 10 nitrogen and oxygen atoms in total. The molecule has 0 atom stereocenters. The number of sulfonamides is 1. The van der Waals surface area contributed by atoms with Crippen molar-refractivity contribution in [1.82, 2.24) is 18.2 Å². The van der Waals surface area contributed by atoms with Gasteiger partial charge in [-0.3, -0.25) is 9.69 Å². The Balaban J connectivity index is 1.83. The van der Waals surface area contributed by atoms with E-state index in [-0.39, 0.29) is 44.8 Å². The van der Waals surface area contributed by atoms with E-state index in [1.807, 2.05) is 11.8 Å². The molecule has 0 bridgehead atoms. The molecule has 12 heteroatoms. The molecular formula is C13H26N4O6S2. The van der Waals surface area contributed by atoms with E-state index < -0.39 is 26.2 Å². The van der Waals surface area contributed by atoms with Crippen LogP contribution in [0.15, 0.2) is 0 Å². The summed E-state index contributed by atoms with van der Waals surface area (Å²) in [5.41, 5.74) is 0. The van der Waals surface area contributed by atoms with E-state index in [2.05, 4.69) is 4.72 Å². The first-order chi connectivity index (χ1) is 11.5. The first-order valence-electron chi connectivity index (χ1n) is 8.21. The lowest BCUT2D eigenvalue weighted by atomic mass is 9.86. The van der Waals surface area contributed by atoms with Gasteiger partial charge in [0.15, 0.2) is 0 Å². The zero-order valence-corrected chi connectivity index (χ0v) is 16.1. The number of aliphatic carboxylic acids is 1. The van der Waals surface area contributed by atoms with Crippen molar-refractivity contribution >= 4 is 26.2 Å². The summed E-state index contributed by atoms with van der Waals surface area (Å²) in [7, 11) is -6.97. The molecule has 0 spiro atoms. The van der Waals surface area contributed by atoms with E-state index in [1.54, 1.807) is 0 Å². The second-order valence-corrected chi connectivity index (χ2v) is 10.1. The Kier molecular flexibility index (Phi) is 6.44. The van der Waals surface area contributed by atoms with Gasteiger partial charge in [0.1, 0.15) is 0 Å². The SMILES string of the molecule is CCN(CC(=O)O)C1CC(NS(=O)(=O)N2CCN(S(C)(=O)=O)CC2)C1. The number of hydrogen-bond donors (Lipinski definition) is 2. The zero-order chi connectivity index (χ0) is 18.8. The molecule has 1 saturated heterocycles. The van der Waals surface area contributed by atoms with Crippen LogP contribution in [0.1, 0.15) is 19.8 Å². The number of carboxylic acids is 1. The summed E-state index contributed by atoms with van der Waals surface area (Å²) in [6.45, 7) is 2.97. The maximum absolute atomic E-state index is 12.4. The van der Waals surface area contributed by atoms with E-state index in [0.29, 0.717) is 19.4 Å². The van der Waals surface area contributed by atoms with Crippen LogP contribution in [0, 0.1) is 0 Å². The monoisotopic (exact) mass is 398 g/mol. The highest BCUT2D eigenvalue weighted by Gasteiger charge is 2.38. The third-order valence-corrected chi connectivity index (χ3v) is 7.68. The predicted molar refractivity (Wildman–Crippen MR) is 91.7 cm³/mol. The Morgan fingerprint density at radius 2 is 1.64 bits per heavy atom. The van der Waals surface area contributed by atoms with Crippen LogP contribution >= 0.6 is 0 Å². The van der Waals surface area contributed by atoms with E-state index in [4.69, 9.17) is 5.11 Å². The average molecular weight is 399 g/mol. The van der Waals surface area contributed by atoms with Gasteiger partial charge in [-0.1, -0.05) is 6.92 Å². The van der Waals surface area contributed by atoms with Crippen LogP contribution in [-0.2, 0) is 25.0 Å². The van der Waals surface area contributed by atoms with Gasteiger partial charge in [-0.25, -0.2) is 8.42 Å². The Morgan fingerprint density at radius 3 is 2.08 bits per heavy atom. The number of piperazine rings is 1. The van der Waals surface area contributed by atoms with E-state index in [1.165, 1.54) is 8.61 Å². The Bertz CT molecular complexity index is 681. The highest BCUT2D eigenvalue weighted by atomic mass is 32.2. The van der Waals surface area contributed by atoms with Crippen LogP contribution in [0.3, 0.4) is 0 Å². The number of hydrogen-bond acceptors (Lipinski definition) is 6. The second-order valence-electron chi connectivity index (χ2n) is 6.46. The maximum atomic E-state index is 12.4. The molecular weight excluding hydrogens is 372 g/mol. The van der Waals surface area contributed by atoms with Gasteiger partial charge in [-0.05, 0) is 19.4 Å². The number of likely N-dealkylation sites (N-methyl/N-ethyl adjacent to an activating group) is 1. The number of nitrogens with one attached hydrogen (secondary N) is 1. The van der Waals surface area contributed by atoms with Crippen molar-refractivity contribution < 1.29 is 26.7 Å². The standard InChI is InChI=1S/C13H26N4O6S2/c1-3-15(10-13(18)19)12-8-11(9-12)14-25(22,23)17-6-4-16(5-7-17)24(2,20)21/h11-12,14H,3-10H2,1-2H3,(H,18,19). The molecule has 1 saturated carbocycles. The molecule has 2 rings (SSSR count). The quantitative estimate of drug-likeness (QED) is 0.501. The normalized spacial score (nSPS) is 26.5. The number of carbonyl (C=O) groups is 1. The smallest absolute Gasteiger partial charge is 0.317 e. The summed E-state index contributed by atoms with van der Waals surface area (Å²) in [6, 6.07) is -0.151. The Morgan fingerprint density at radius 1 is 1.12 bits per heavy atom. The lowest BCUT2D eigenvalue weighted by Crippen LogP contribution is -2.59. The Labute approximate surface area is 149 Å². The van der Waals surface area contributed by atoms with Crippen LogP contribution in [0.2, 0.25) is 0 Å². The molecule has 1 heterocycles. The number of rotatable bonds is 8. The average Bonchev–Trinajstić information content (AvgIpc) is 2.47. The molecule has 0 unspecified atom stereocenters. The van der Waals surface area contributed by atoms with Crippen molar-refractivity contribution in [2.75, 3.05) is 45.5 Å². The highest BCUT2D eigenvalue weighted by Crippen LogP contribution is 2.26. The van der Waals surface area contributed by atoms with Gasteiger partial charge in [-0.15, -0.1) is 0 Å². The fourth-order valence-corrected chi connectivity index (χ4v) is 5.42. The van der Waals surface area contributed by atoms with Gasteiger partial charge in [0, 0.05) is 38.3 Å². The third-order valence-electron chi connectivity index (χ3n) is 4.70. The van der Waals surface area contributed by atoms with Crippen LogP contribution in [-0.4, -0.2) is 99.0 Å². The lowest BCUT2D eigenvalue weighted by Gasteiger charge is -2.43. The molecule has 146 valence electrons. The minimum absolute atomic E-state index is 0.0475. The molecule has 2 aliphatic rings. The third kappa shape index (κ3) is 5.34. The van der Waals surface area contributed by atoms with Crippen molar-refractivity contribution in [3.05, 3.63) is 0 Å². The molecule has 1 aliphatic heterocycles. The molecule has 0 radical (unpaired) electrons. The molecule has 2 N–H and O–H groups in total. The van der Waals surface area contributed by atoms with Crippen molar-refractivity contribution in [1.29, 1.82) is 0 Å². The fourth-order valence-electron chi connectivity index (χ4n) is 3.18. The molecule has 0 aromatic carbocycles. The Hall–Kier alpha value is -0.790. The lowest BCUT2D eigenvalue weighted by molar-refractivity contribution is -0.139. The first-order valence-corrected chi connectivity index (χ1v) is 11.5. The van der Waals surface area contributed by atoms with E-state index in [9.17, 15) is 21.6 Å². The molecule has 25 heavy (non-hydrogen) atoms. The van der Waals surface area contributed by atoms with Crippen molar-refractivity contribution in [3.63, 3.8) is 0 Å². The second kappa shape index (κ2) is 7.84. The van der Waals surface area contributed by atoms with Crippen molar-refractivity contribution in [2.45, 2.75) is 31.8 Å². The first kappa shape index (κ1) is 20.5. The summed E-state index contributed by atoms with van der Waals surface area (Å²) in [4.78, 5) is 12.6. The van der Waals surface area contributed by atoms with E-state index in [0.717, 1.165) is 6.26 Å². The fraction of sp³-hybridized carbons (Fsp3) is 0.923. The largest absolute Gasteiger partial charge is 0.480 e. The predicted octanol–water partition coefficient (Wildman–Crippen LogP) is -1.66. The van der Waals surface area contributed by atoms with Crippen LogP contribution in [0.25, 0.3) is 0 Å². The van der Waals surface area contributed by atoms with Gasteiger partial charge in [0.05, 0.1) is 12.8 Å². The minimum atomic E-state index is -3.66. The summed E-state index contributed by atoms with van der Waals surface area (Å²) >= 11 is 0. The van der Waals surface area contributed by atoms with Gasteiger partial charge >= 0.3 is 5.97 Å². The maximum Gasteiger partial charge on any atom is 0.317 e. The van der Waals surface area contributed by atoms with Crippen molar-refractivity contribution in [2.24, 2.45) is 0 Å². The molecule has 0 amide bonds. The number of nitrogens with zero attached hydrogens (tertiary/aromatic N) is 3. The summed E-state index contributed by atoms with van der Waals surface area (Å²) < 4.78 is 52.9. The van der Waals surface area contributed by atoms with Gasteiger partial charge in [0.2, 0.25) is 10.0 Å². The van der Waals surface area contributed by atoms with Crippen LogP contribution in [0.4, 0.5) is 0 Å². The molecule has 2 fully saturated rings. The van der Waals surface area contributed by atoms with Gasteiger partial charge < -0.3 is 5.11 Å². The summed E-state index contributed by atoms with van der Waals surface area (Å²) in [6.07, 6.45) is 2.26. The molecule has 0 aromatic heterocycles. The number of carboxylic acid groups (broad SMARTS) is 1. The summed E-state index contributed by atoms with van der Waals surface area (Å²) in [5, 5.41) is 8.88.